The van der Waals surface area contributed by atoms with Crippen LogP contribution in [0.2, 0.25) is 5.02 Å². The molecule has 0 aliphatic carbocycles. The van der Waals surface area contributed by atoms with E-state index in [0.29, 0.717) is 41.7 Å². The molecule has 2 aromatic heterocycles. The van der Waals surface area contributed by atoms with Gasteiger partial charge in [-0.25, -0.2) is 0 Å². The maximum absolute atomic E-state index is 12.9. The Balaban J connectivity index is 1.37. The van der Waals surface area contributed by atoms with Crippen LogP contribution in [0.3, 0.4) is 0 Å². The van der Waals surface area contributed by atoms with Crippen LogP contribution >= 0.6 is 11.6 Å². The first-order valence-electron chi connectivity index (χ1n) is 10.3. The number of amides is 1. The van der Waals surface area contributed by atoms with E-state index < -0.39 is 0 Å². The van der Waals surface area contributed by atoms with Crippen LogP contribution in [0.15, 0.2) is 66.7 Å². The van der Waals surface area contributed by atoms with Crippen LogP contribution in [0, 0.1) is 0 Å². The fourth-order valence-corrected chi connectivity index (χ4v) is 4.06. The lowest BCUT2D eigenvalue weighted by Crippen LogP contribution is -2.35. The molecule has 1 saturated heterocycles. The summed E-state index contributed by atoms with van der Waals surface area (Å²) in [6.07, 6.45) is 0.861. The molecule has 0 N–H and O–H groups in total. The molecule has 8 heteroatoms. The van der Waals surface area contributed by atoms with Gasteiger partial charge in [0.15, 0.2) is 11.5 Å². The fourth-order valence-electron chi connectivity index (χ4n) is 3.87. The van der Waals surface area contributed by atoms with Crippen molar-refractivity contribution in [2.75, 3.05) is 31.1 Å². The van der Waals surface area contributed by atoms with Gasteiger partial charge in [-0.2, -0.15) is 4.52 Å². The third-order valence-corrected chi connectivity index (χ3v) is 5.69. The highest BCUT2D eigenvalue weighted by atomic mass is 35.5. The van der Waals surface area contributed by atoms with Crippen LogP contribution in [-0.2, 0) is 0 Å². The van der Waals surface area contributed by atoms with E-state index in [1.807, 2.05) is 59.5 Å². The second-order valence-corrected chi connectivity index (χ2v) is 7.93. The molecule has 5 rings (SSSR count). The van der Waals surface area contributed by atoms with E-state index in [4.69, 9.17) is 16.7 Å². The summed E-state index contributed by atoms with van der Waals surface area (Å²) in [5, 5.41) is 13.9. The Hall–Kier alpha value is -3.45. The lowest BCUT2D eigenvalue weighted by molar-refractivity contribution is 0.0767. The van der Waals surface area contributed by atoms with Crippen molar-refractivity contribution in [1.82, 2.24) is 24.7 Å². The van der Waals surface area contributed by atoms with Gasteiger partial charge < -0.3 is 9.80 Å². The van der Waals surface area contributed by atoms with Crippen LogP contribution in [-0.4, -0.2) is 56.8 Å². The minimum atomic E-state index is 0.0120. The van der Waals surface area contributed by atoms with E-state index in [1.165, 1.54) is 0 Å². The van der Waals surface area contributed by atoms with Crippen molar-refractivity contribution >= 4 is 29.0 Å². The van der Waals surface area contributed by atoms with Crippen molar-refractivity contribution in [1.29, 1.82) is 0 Å². The summed E-state index contributed by atoms with van der Waals surface area (Å²) in [7, 11) is 0. The van der Waals surface area contributed by atoms with E-state index in [-0.39, 0.29) is 5.91 Å². The van der Waals surface area contributed by atoms with Crippen molar-refractivity contribution in [3.63, 3.8) is 0 Å². The van der Waals surface area contributed by atoms with Gasteiger partial charge in [0.2, 0.25) is 0 Å². The molecule has 156 valence electrons. The number of benzene rings is 2. The Kier molecular flexibility index (Phi) is 5.26. The molecule has 1 fully saturated rings. The summed E-state index contributed by atoms with van der Waals surface area (Å²) in [5.41, 5.74) is 2.29. The molecule has 0 saturated carbocycles. The summed E-state index contributed by atoms with van der Waals surface area (Å²) >= 11 is 6.06. The molecule has 3 heterocycles. The Labute approximate surface area is 184 Å². The van der Waals surface area contributed by atoms with Crippen molar-refractivity contribution in [3.05, 3.63) is 77.3 Å². The standard InChI is InChI=1S/C23H21ClN6O/c24-19-9-4-8-18(16-19)23(31)29-13-5-12-28(14-15-29)21-11-10-20-25-26-22(30(20)27-21)17-6-2-1-3-7-17/h1-4,6-11,16H,5,12-15H2. The normalized spacial score (nSPS) is 14.6. The maximum atomic E-state index is 12.9. The molecular formula is C23H21ClN6O. The molecule has 0 spiro atoms. The number of rotatable bonds is 3. The van der Waals surface area contributed by atoms with Crippen LogP contribution in [0.1, 0.15) is 16.8 Å². The fraction of sp³-hybridized carbons (Fsp3) is 0.217. The molecule has 4 aromatic rings. The predicted octanol–water partition coefficient (Wildman–Crippen LogP) is 3.80. The Morgan fingerprint density at radius 2 is 1.74 bits per heavy atom. The van der Waals surface area contributed by atoms with Gasteiger partial charge in [-0.05, 0) is 36.8 Å². The Morgan fingerprint density at radius 3 is 2.58 bits per heavy atom. The molecule has 1 amide bonds. The van der Waals surface area contributed by atoms with Crippen LogP contribution in [0.5, 0.6) is 0 Å². The first-order valence-corrected chi connectivity index (χ1v) is 10.6. The van der Waals surface area contributed by atoms with Crippen molar-refractivity contribution in [2.45, 2.75) is 6.42 Å². The summed E-state index contributed by atoms with van der Waals surface area (Å²) < 4.78 is 1.78. The average Bonchev–Trinajstić information content (AvgIpc) is 3.07. The molecule has 7 nitrogen and oxygen atoms in total. The van der Waals surface area contributed by atoms with Crippen molar-refractivity contribution in [2.24, 2.45) is 0 Å². The van der Waals surface area contributed by atoms with Gasteiger partial charge in [0.25, 0.3) is 5.91 Å². The number of nitrogens with zero attached hydrogens (tertiary/aromatic N) is 6. The second kappa shape index (κ2) is 8.35. The second-order valence-electron chi connectivity index (χ2n) is 7.49. The number of halogens is 1. The van der Waals surface area contributed by atoms with E-state index in [9.17, 15) is 4.79 Å². The molecule has 1 aliphatic rings. The third kappa shape index (κ3) is 3.96. The van der Waals surface area contributed by atoms with E-state index in [0.717, 1.165) is 24.3 Å². The number of carbonyl (C=O) groups excluding carboxylic acids is 1. The predicted molar refractivity (Wildman–Crippen MR) is 120 cm³/mol. The average molecular weight is 433 g/mol. The van der Waals surface area contributed by atoms with Crippen LogP contribution < -0.4 is 4.90 Å². The summed E-state index contributed by atoms with van der Waals surface area (Å²) in [5.74, 6) is 1.57. The first-order chi connectivity index (χ1) is 15.2. The molecule has 0 unspecified atom stereocenters. The summed E-state index contributed by atoms with van der Waals surface area (Å²) in [6.45, 7) is 2.85. The molecule has 1 aliphatic heterocycles. The van der Waals surface area contributed by atoms with Crippen LogP contribution in [0.25, 0.3) is 17.0 Å². The SMILES string of the molecule is O=C(c1cccc(Cl)c1)N1CCCN(c2ccc3nnc(-c4ccccc4)n3n2)CC1. The Morgan fingerprint density at radius 1 is 0.871 bits per heavy atom. The molecule has 0 bridgehead atoms. The zero-order chi connectivity index (χ0) is 21.2. The monoisotopic (exact) mass is 432 g/mol. The van der Waals surface area contributed by atoms with Crippen molar-refractivity contribution in [3.8, 4) is 11.4 Å². The van der Waals surface area contributed by atoms with Crippen LogP contribution in [0.4, 0.5) is 5.82 Å². The Bertz CT molecular complexity index is 1230. The van der Waals surface area contributed by atoms with E-state index >= 15 is 0 Å². The highest BCUT2D eigenvalue weighted by molar-refractivity contribution is 6.30. The quantitative estimate of drug-likeness (QED) is 0.492. The summed E-state index contributed by atoms with van der Waals surface area (Å²) in [6, 6.07) is 20.9. The molecular weight excluding hydrogens is 412 g/mol. The number of hydrogen-bond donors (Lipinski definition) is 0. The first kappa shape index (κ1) is 19.5. The largest absolute Gasteiger partial charge is 0.353 e. The molecule has 0 radical (unpaired) electrons. The minimum Gasteiger partial charge on any atom is -0.353 e. The number of carbonyl (C=O) groups is 1. The lowest BCUT2D eigenvalue weighted by atomic mass is 10.2. The number of hydrogen-bond acceptors (Lipinski definition) is 5. The zero-order valence-electron chi connectivity index (χ0n) is 16.9. The van der Waals surface area contributed by atoms with E-state index in [1.54, 1.807) is 16.6 Å². The highest BCUT2D eigenvalue weighted by Crippen LogP contribution is 2.21. The lowest BCUT2D eigenvalue weighted by Gasteiger charge is -2.23. The van der Waals surface area contributed by atoms with Gasteiger partial charge in [-0.1, -0.05) is 48.0 Å². The van der Waals surface area contributed by atoms with Gasteiger partial charge in [0.1, 0.15) is 5.82 Å². The smallest absolute Gasteiger partial charge is 0.253 e. The molecule has 0 atom stereocenters. The van der Waals surface area contributed by atoms with Gasteiger partial charge in [0.05, 0.1) is 0 Å². The zero-order valence-corrected chi connectivity index (χ0v) is 17.6. The minimum absolute atomic E-state index is 0.0120. The third-order valence-electron chi connectivity index (χ3n) is 5.46. The van der Waals surface area contributed by atoms with E-state index in [2.05, 4.69) is 15.1 Å². The maximum Gasteiger partial charge on any atom is 0.253 e. The van der Waals surface area contributed by atoms with Crippen molar-refractivity contribution < 1.29 is 4.79 Å². The summed E-state index contributed by atoms with van der Waals surface area (Å²) in [4.78, 5) is 17.0. The van der Waals surface area contributed by atoms with Gasteiger partial charge in [-0.3, -0.25) is 4.79 Å². The van der Waals surface area contributed by atoms with Gasteiger partial charge in [-0.15, -0.1) is 15.3 Å². The highest BCUT2D eigenvalue weighted by Gasteiger charge is 2.22. The number of fused-ring (bicyclic) bond motifs is 1. The number of aromatic nitrogens is 4. The van der Waals surface area contributed by atoms with Gasteiger partial charge in [0, 0.05) is 42.3 Å². The topological polar surface area (TPSA) is 66.6 Å². The molecule has 2 aromatic carbocycles. The molecule has 31 heavy (non-hydrogen) atoms. The number of anilines is 1. The van der Waals surface area contributed by atoms with Gasteiger partial charge >= 0.3 is 0 Å².